The molecule has 0 spiro atoms. The van der Waals surface area contributed by atoms with E-state index in [0.29, 0.717) is 11.8 Å². The molecule has 1 aliphatic rings. The van der Waals surface area contributed by atoms with Crippen molar-refractivity contribution in [2.45, 2.75) is 52.5 Å². The first-order valence-corrected chi connectivity index (χ1v) is 8.61. The van der Waals surface area contributed by atoms with Crippen molar-refractivity contribution in [3.8, 4) is 0 Å². The van der Waals surface area contributed by atoms with Gasteiger partial charge in [0.05, 0.1) is 5.75 Å². The van der Waals surface area contributed by atoms with Gasteiger partial charge in [-0.15, -0.1) is 0 Å². The van der Waals surface area contributed by atoms with Crippen LogP contribution in [0.2, 0.25) is 0 Å². The zero-order chi connectivity index (χ0) is 13.3. The molecule has 0 aromatic rings. The fourth-order valence-corrected chi connectivity index (χ4v) is 3.93. The van der Waals surface area contributed by atoms with Gasteiger partial charge in [0.2, 0.25) is 0 Å². The maximum absolute atomic E-state index is 11.3. The van der Waals surface area contributed by atoms with E-state index >= 15 is 0 Å². The summed E-state index contributed by atoms with van der Waals surface area (Å²) in [6, 6.07) is 0.230. The number of hydrogen-bond donors (Lipinski definition) is 1. The highest BCUT2D eigenvalue weighted by atomic mass is 32.2. The van der Waals surface area contributed by atoms with E-state index in [0.717, 1.165) is 19.3 Å². The van der Waals surface area contributed by atoms with Gasteiger partial charge in [0.15, 0.2) is 0 Å². The van der Waals surface area contributed by atoms with E-state index in [4.69, 9.17) is 5.73 Å². The molecule has 0 heterocycles. The number of sulfone groups is 1. The summed E-state index contributed by atoms with van der Waals surface area (Å²) in [5, 5.41) is 0. The fraction of sp³-hybridized carbons (Fsp3) is 1.00. The largest absolute Gasteiger partial charge is 0.327 e. The summed E-state index contributed by atoms with van der Waals surface area (Å²) >= 11 is 0. The first kappa shape index (κ1) is 15.0. The average molecular weight is 261 g/mol. The summed E-state index contributed by atoms with van der Waals surface area (Å²) in [6.07, 6.45) is 5.47. The standard InChI is InChI=1S/C13H27NO2S/c1-10-5-6-11(12(14)9-10)13(2,3)7-8-17(4,15)16/h10-12H,5-9,14H2,1-4H3. The lowest BCUT2D eigenvalue weighted by atomic mass is 9.65. The van der Waals surface area contributed by atoms with Gasteiger partial charge in [-0.3, -0.25) is 0 Å². The van der Waals surface area contributed by atoms with E-state index in [1.807, 2.05) is 0 Å². The molecule has 3 atom stereocenters. The molecule has 4 heteroatoms. The van der Waals surface area contributed by atoms with Crippen molar-refractivity contribution in [2.75, 3.05) is 12.0 Å². The molecule has 17 heavy (non-hydrogen) atoms. The molecule has 102 valence electrons. The van der Waals surface area contributed by atoms with Crippen LogP contribution >= 0.6 is 0 Å². The van der Waals surface area contributed by atoms with Crippen molar-refractivity contribution in [2.24, 2.45) is 23.0 Å². The van der Waals surface area contributed by atoms with E-state index in [9.17, 15) is 8.42 Å². The Hall–Kier alpha value is -0.0900. The maximum Gasteiger partial charge on any atom is 0.147 e. The van der Waals surface area contributed by atoms with Crippen LogP contribution in [-0.4, -0.2) is 26.5 Å². The molecule has 0 amide bonds. The summed E-state index contributed by atoms with van der Waals surface area (Å²) in [6.45, 7) is 6.58. The molecule has 0 saturated heterocycles. The molecule has 0 radical (unpaired) electrons. The second-order valence-electron chi connectivity index (χ2n) is 6.56. The van der Waals surface area contributed by atoms with Crippen molar-refractivity contribution in [3.05, 3.63) is 0 Å². The fourth-order valence-electron chi connectivity index (χ4n) is 3.03. The summed E-state index contributed by atoms with van der Waals surface area (Å²) in [5.74, 6) is 1.45. The van der Waals surface area contributed by atoms with Crippen LogP contribution < -0.4 is 5.73 Å². The summed E-state index contributed by atoms with van der Waals surface area (Å²) in [7, 11) is -2.87. The second-order valence-corrected chi connectivity index (χ2v) is 8.82. The SMILES string of the molecule is CC1CCC(C(C)(C)CCS(C)(=O)=O)C(N)C1. The van der Waals surface area contributed by atoms with Crippen LogP contribution in [0.4, 0.5) is 0 Å². The highest BCUT2D eigenvalue weighted by Crippen LogP contribution is 2.41. The van der Waals surface area contributed by atoms with Gasteiger partial charge in [-0.2, -0.15) is 0 Å². The van der Waals surface area contributed by atoms with Gasteiger partial charge in [0.1, 0.15) is 9.84 Å². The Bertz CT molecular complexity index is 348. The Morgan fingerprint density at radius 3 is 2.35 bits per heavy atom. The highest BCUT2D eigenvalue weighted by molar-refractivity contribution is 7.90. The van der Waals surface area contributed by atoms with E-state index in [-0.39, 0.29) is 17.2 Å². The predicted molar refractivity (Wildman–Crippen MR) is 72.6 cm³/mol. The lowest BCUT2D eigenvalue weighted by Crippen LogP contribution is -2.44. The third-order valence-corrected chi connectivity index (χ3v) is 5.23. The number of rotatable bonds is 4. The minimum Gasteiger partial charge on any atom is -0.327 e. The average Bonchev–Trinajstić information content (AvgIpc) is 2.13. The van der Waals surface area contributed by atoms with Gasteiger partial charge in [-0.25, -0.2) is 8.42 Å². The van der Waals surface area contributed by atoms with Gasteiger partial charge >= 0.3 is 0 Å². The monoisotopic (exact) mass is 261 g/mol. The van der Waals surface area contributed by atoms with E-state index in [1.165, 1.54) is 12.7 Å². The third kappa shape index (κ3) is 4.59. The predicted octanol–water partition coefficient (Wildman–Crippen LogP) is 2.21. The highest BCUT2D eigenvalue weighted by Gasteiger charge is 2.37. The molecule has 1 rings (SSSR count). The molecule has 3 unspecified atom stereocenters. The molecule has 1 saturated carbocycles. The summed E-state index contributed by atoms with van der Waals surface area (Å²) in [4.78, 5) is 0. The molecule has 2 N–H and O–H groups in total. The van der Waals surface area contributed by atoms with Gasteiger partial charge in [-0.1, -0.05) is 27.2 Å². The van der Waals surface area contributed by atoms with E-state index < -0.39 is 9.84 Å². The smallest absolute Gasteiger partial charge is 0.147 e. The number of hydrogen-bond acceptors (Lipinski definition) is 3. The Morgan fingerprint density at radius 1 is 1.29 bits per heavy atom. The maximum atomic E-state index is 11.3. The molecule has 3 nitrogen and oxygen atoms in total. The minimum atomic E-state index is -2.87. The Kier molecular flexibility index (Phi) is 4.64. The molecule has 1 fully saturated rings. The van der Waals surface area contributed by atoms with Crippen LogP contribution in [-0.2, 0) is 9.84 Å². The van der Waals surface area contributed by atoms with Crippen molar-refractivity contribution in [1.29, 1.82) is 0 Å². The van der Waals surface area contributed by atoms with Crippen molar-refractivity contribution < 1.29 is 8.42 Å². The van der Waals surface area contributed by atoms with Crippen molar-refractivity contribution in [1.82, 2.24) is 0 Å². The zero-order valence-electron chi connectivity index (χ0n) is 11.6. The minimum absolute atomic E-state index is 0.0304. The van der Waals surface area contributed by atoms with Crippen molar-refractivity contribution >= 4 is 9.84 Å². The molecular formula is C13H27NO2S. The quantitative estimate of drug-likeness (QED) is 0.844. The van der Waals surface area contributed by atoms with E-state index in [2.05, 4.69) is 20.8 Å². The van der Waals surface area contributed by atoms with Gasteiger partial charge in [0.25, 0.3) is 0 Å². The Labute approximate surface area is 106 Å². The van der Waals surface area contributed by atoms with Gasteiger partial charge in [0, 0.05) is 12.3 Å². The molecule has 0 bridgehead atoms. The van der Waals surface area contributed by atoms with Crippen LogP contribution in [0.1, 0.15) is 46.5 Å². The topological polar surface area (TPSA) is 60.2 Å². The van der Waals surface area contributed by atoms with E-state index in [1.54, 1.807) is 0 Å². The first-order chi connectivity index (χ1) is 7.62. The van der Waals surface area contributed by atoms with Crippen LogP contribution in [0.5, 0.6) is 0 Å². The molecule has 0 aliphatic heterocycles. The van der Waals surface area contributed by atoms with Crippen LogP contribution in [0, 0.1) is 17.3 Å². The number of nitrogens with two attached hydrogens (primary N) is 1. The molecule has 0 aromatic heterocycles. The third-order valence-electron chi connectivity index (χ3n) is 4.28. The summed E-state index contributed by atoms with van der Waals surface area (Å²) in [5.41, 5.74) is 6.28. The van der Waals surface area contributed by atoms with Crippen LogP contribution in [0.15, 0.2) is 0 Å². The molecular weight excluding hydrogens is 234 g/mol. The second kappa shape index (κ2) is 5.27. The van der Waals surface area contributed by atoms with Gasteiger partial charge < -0.3 is 5.73 Å². The Morgan fingerprint density at radius 2 is 1.88 bits per heavy atom. The van der Waals surface area contributed by atoms with Crippen LogP contribution in [0.25, 0.3) is 0 Å². The molecule has 0 aromatic carbocycles. The van der Waals surface area contributed by atoms with Crippen molar-refractivity contribution in [3.63, 3.8) is 0 Å². The molecule has 1 aliphatic carbocycles. The lowest BCUT2D eigenvalue weighted by molar-refractivity contribution is 0.110. The van der Waals surface area contributed by atoms with Crippen LogP contribution in [0.3, 0.4) is 0 Å². The lowest BCUT2D eigenvalue weighted by Gasteiger charge is -2.42. The normalized spacial score (nSPS) is 31.5. The zero-order valence-corrected chi connectivity index (χ0v) is 12.4. The van der Waals surface area contributed by atoms with Gasteiger partial charge in [-0.05, 0) is 36.5 Å². The Balaban J connectivity index is 2.63. The first-order valence-electron chi connectivity index (χ1n) is 6.55. The summed E-state index contributed by atoms with van der Waals surface area (Å²) < 4.78 is 22.5.